The predicted octanol–water partition coefficient (Wildman–Crippen LogP) is 2.78. The summed E-state index contributed by atoms with van der Waals surface area (Å²) < 4.78 is 41.0. The fourth-order valence-electron chi connectivity index (χ4n) is 2.66. The summed E-state index contributed by atoms with van der Waals surface area (Å²) in [6, 6.07) is 3.67. The Morgan fingerprint density at radius 2 is 1.76 bits per heavy atom. The van der Waals surface area contributed by atoms with Crippen molar-refractivity contribution >= 4 is 10.0 Å². The molecule has 0 aliphatic heterocycles. The van der Waals surface area contributed by atoms with Crippen molar-refractivity contribution in [3.05, 3.63) is 29.6 Å². The van der Waals surface area contributed by atoms with Crippen LogP contribution in [0, 0.1) is 11.2 Å². The maximum absolute atomic E-state index is 13.4. The number of nitrogens with two attached hydrogens (primary N) is 1. The van der Waals surface area contributed by atoms with Crippen LogP contribution in [0.25, 0.3) is 0 Å². The van der Waals surface area contributed by atoms with Gasteiger partial charge in [-0.15, -0.1) is 0 Å². The van der Waals surface area contributed by atoms with Gasteiger partial charge in [-0.05, 0) is 43.9 Å². The van der Waals surface area contributed by atoms with Crippen LogP contribution < -0.4 is 10.5 Å². The van der Waals surface area contributed by atoms with Crippen LogP contribution in [-0.4, -0.2) is 14.0 Å². The SMILES string of the molecule is CC(C)(C)CC(C)(C)NS(=O)(=O)c1ccc(F)c(CN)c1. The van der Waals surface area contributed by atoms with E-state index in [0.717, 1.165) is 6.07 Å². The van der Waals surface area contributed by atoms with Crippen molar-refractivity contribution < 1.29 is 12.8 Å². The van der Waals surface area contributed by atoms with E-state index in [2.05, 4.69) is 4.72 Å². The standard InChI is InChI=1S/C15H25FN2O2S/c1-14(2,3)10-15(4,5)18-21(19,20)12-6-7-13(16)11(8-12)9-17/h6-8,18H,9-10,17H2,1-5H3. The van der Waals surface area contributed by atoms with E-state index in [-0.39, 0.29) is 22.4 Å². The number of sulfonamides is 1. The van der Waals surface area contributed by atoms with Gasteiger partial charge in [0.1, 0.15) is 5.82 Å². The first-order chi connectivity index (χ1) is 9.36. The fourth-order valence-corrected chi connectivity index (χ4v) is 4.12. The number of hydrogen-bond donors (Lipinski definition) is 2. The Bertz CT molecular complexity index is 605. The van der Waals surface area contributed by atoms with Gasteiger partial charge in [-0.25, -0.2) is 17.5 Å². The molecule has 0 spiro atoms. The summed E-state index contributed by atoms with van der Waals surface area (Å²) >= 11 is 0. The highest BCUT2D eigenvalue weighted by molar-refractivity contribution is 7.89. The number of rotatable bonds is 5. The lowest BCUT2D eigenvalue weighted by atomic mass is 9.82. The van der Waals surface area contributed by atoms with Gasteiger partial charge in [0, 0.05) is 17.6 Å². The van der Waals surface area contributed by atoms with Crippen LogP contribution in [0.15, 0.2) is 23.1 Å². The molecule has 0 radical (unpaired) electrons. The first-order valence-corrected chi connectivity index (χ1v) is 8.37. The van der Waals surface area contributed by atoms with Crippen LogP contribution in [-0.2, 0) is 16.6 Å². The summed E-state index contributed by atoms with van der Waals surface area (Å²) in [6.07, 6.45) is 0.671. The lowest BCUT2D eigenvalue weighted by molar-refractivity contribution is 0.269. The van der Waals surface area contributed by atoms with Gasteiger partial charge in [0.05, 0.1) is 4.90 Å². The van der Waals surface area contributed by atoms with Crippen LogP contribution in [0.4, 0.5) is 4.39 Å². The molecule has 0 amide bonds. The van der Waals surface area contributed by atoms with Crippen LogP contribution in [0.1, 0.15) is 46.6 Å². The number of halogens is 1. The van der Waals surface area contributed by atoms with Crippen molar-refractivity contribution in [2.45, 2.75) is 58.0 Å². The number of nitrogens with one attached hydrogen (secondary N) is 1. The Balaban J connectivity index is 3.07. The van der Waals surface area contributed by atoms with E-state index >= 15 is 0 Å². The molecule has 6 heteroatoms. The Morgan fingerprint density at radius 1 is 1.19 bits per heavy atom. The van der Waals surface area contributed by atoms with Gasteiger partial charge >= 0.3 is 0 Å². The lowest BCUT2D eigenvalue weighted by Gasteiger charge is -2.33. The monoisotopic (exact) mass is 316 g/mol. The van der Waals surface area contributed by atoms with Crippen molar-refractivity contribution in [3.63, 3.8) is 0 Å². The Labute approximate surface area is 127 Å². The van der Waals surface area contributed by atoms with E-state index in [1.807, 2.05) is 34.6 Å². The van der Waals surface area contributed by atoms with Crippen LogP contribution in [0.2, 0.25) is 0 Å². The third-order valence-corrected chi connectivity index (χ3v) is 4.63. The molecular formula is C15H25FN2O2S. The third kappa shape index (κ3) is 5.37. The minimum absolute atomic E-state index is 0.0166. The van der Waals surface area contributed by atoms with Gasteiger partial charge in [0.25, 0.3) is 0 Å². The molecule has 21 heavy (non-hydrogen) atoms. The molecule has 0 heterocycles. The fraction of sp³-hybridized carbons (Fsp3) is 0.600. The molecule has 0 aliphatic carbocycles. The van der Waals surface area contributed by atoms with E-state index in [1.54, 1.807) is 0 Å². The summed E-state index contributed by atoms with van der Waals surface area (Å²) in [4.78, 5) is 0.0336. The van der Waals surface area contributed by atoms with Crippen molar-refractivity contribution in [1.82, 2.24) is 4.72 Å². The van der Waals surface area contributed by atoms with Crippen molar-refractivity contribution in [2.75, 3.05) is 0 Å². The Morgan fingerprint density at radius 3 is 2.24 bits per heavy atom. The molecule has 0 atom stereocenters. The van der Waals surface area contributed by atoms with Crippen molar-refractivity contribution in [2.24, 2.45) is 11.1 Å². The van der Waals surface area contributed by atoms with E-state index in [1.165, 1.54) is 12.1 Å². The molecule has 0 saturated carbocycles. The molecule has 0 unspecified atom stereocenters. The van der Waals surface area contributed by atoms with Gasteiger partial charge in [-0.1, -0.05) is 20.8 Å². The zero-order chi connectivity index (χ0) is 16.5. The highest BCUT2D eigenvalue weighted by Gasteiger charge is 2.30. The third-order valence-electron chi connectivity index (χ3n) is 2.93. The quantitative estimate of drug-likeness (QED) is 0.877. The largest absolute Gasteiger partial charge is 0.326 e. The molecule has 1 aromatic carbocycles. The maximum atomic E-state index is 13.4. The molecule has 0 fully saturated rings. The van der Waals surface area contributed by atoms with Gasteiger partial charge in [0.15, 0.2) is 0 Å². The zero-order valence-electron chi connectivity index (χ0n) is 13.3. The molecule has 1 aromatic rings. The van der Waals surface area contributed by atoms with E-state index in [9.17, 15) is 12.8 Å². The normalized spacial score (nSPS) is 13.5. The minimum Gasteiger partial charge on any atom is -0.326 e. The molecule has 0 aromatic heterocycles. The molecular weight excluding hydrogens is 291 g/mol. The van der Waals surface area contributed by atoms with Gasteiger partial charge < -0.3 is 5.73 Å². The molecule has 1 rings (SSSR count). The smallest absolute Gasteiger partial charge is 0.241 e. The Kier molecular flexibility index (Phi) is 5.18. The highest BCUT2D eigenvalue weighted by atomic mass is 32.2. The summed E-state index contributed by atoms with van der Waals surface area (Å²) in [5, 5.41) is 0. The summed E-state index contributed by atoms with van der Waals surface area (Å²) in [7, 11) is -3.71. The maximum Gasteiger partial charge on any atom is 0.241 e. The van der Waals surface area contributed by atoms with E-state index in [0.29, 0.717) is 6.42 Å². The van der Waals surface area contributed by atoms with Crippen molar-refractivity contribution in [1.29, 1.82) is 0 Å². The molecule has 0 aliphatic rings. The minimum atomic E-state index is -3.71. The average Bonchev–Trinajstić information content (AvgIpc) is 2.24. The topological polar surface area (TPSA) is 72.2 Å². The summed E-state index contributed by atoms with van der Waals surface area (Å²) in [5.74, 6) is -0.495. The highest BCUT2D eigenvalue weighted by Crippen LogP contribution is 2.28. The van der Waals surface area contributed by atoms with Gasteiger partial charge in [-0.3, -0.25) is 0 Å². The summed E-state index contributed by atoms with van der Waals surface area (Å²) in [5.41, 5.74) is 4.99. The lowest BCUT2D eigenvalue weighted by Crippen LogP contribution is -2.45. The number of benzene rings is 1. The second-order valence-electron chi connectivity index (χ2n) is 7.18. The Hall–Kier alpha value is -0.980. The predicted molar refractivity (Wildman–Crippen MR) is 82.8 cm³/mol. The molecule has 0 bridgehead atoms. The first-order valence-electron chi connectivity index (χ1n) is 6.89. The van der Waals surface area contributed by atoms with E-state index in [4.69, 9.17) is 5.73 Å². The zero-order valence-corrected chi connectivity index (χ0v) is 14.1. The van der Waals surface area contributed by atoms with Gasteiger partial charge in [-0.2, -0.15) is 0 Å². The summed E-state index contributed by atoms with van der Waals surface area (Å²) in [6.45, 7) is 9.78. The second kappa shape index (κ2) is 6.02. The first kappa shape index (κ1) is 18.1. The van der Waals surface area contributed by atoms with Gasteiger partial charge in [0.2, 0.25) is 10.0 Å². The molecule has 4 nitrogen and oxygen atoms in total. The van der Waals surface area contributed by atoms with Crippen molar-refractivity contribution in [3.8, 4) is 0 Å². The second-order valence-corrected chi connectivity index (χ2v) is 8.87. The molecule has 3 N–H and O–H groups in total. The average molecular weight is 316 g/mol. The molecule has 0 saturated heterocycles. The number of hydrogen-bond acceptors (Lipinski definition) is 3. The van der Waals surface area contributed by atoms with Crippen LogP contribution in [0.5, 0.6) is 0 Å². The van der Waals surface area contributed by atoms with Crippen LogP contribution >= 0.6 is 0 Å². The van der Waals surface area contributed by atoms with E-state index < -0.39 is 21.4 Å². The molecule has 120 valence electrons. The van der Waals surface area contributed by atoms with Crippen LogP contribution in [0.3, 0.4) is 0 Å².